The summed E-state index contributed by atoms with van der Waals surface area (Å²) in [4.78, 5) is 10.5. The smallest absolute Gasteiger partial charge is 0.303 e. The van der Waals surface area contributed by atoms with Crippen molar-refractivity contribution in [1.29, 1.82) is 0 Å². The SMILES string of the molecule is CSc1c(O)ccc(CCCC(=O)O)c1F. The number of carbonyl (C=O) groups is 1. The van der Waals surface area contributed by atoms with Crippen molar-refractivity contribution < 1.29 is 19.4 Å². The molecule has 0 radical (unpaired) electrons. The van der Waals surface area contributed by atoms with Crippen LogP contribution in [0, 0.1) is 5.82 Å². The number of aromatic hydroxyl groups is 1. The second kappa shape index (κ2) is 5.75. The van der Waals surface area contributed by atoms with Gasteiger partial charge in [-0.25, -0.2) is 4.39 Å². The summed E-state index contributed by atoms with van der Waals surface area (Å²) in [5.74, 6) is -1.41. The Labute approximate surface area is 97.3 Å². The van der Waals surface area contributed by atoms with E-state index in [-0.39, 0.29) is 17.1 Å². The number of carboxylic acids is 1. The van der Waals surface area contributed by atoms with Crippen molar-refractivity contribution >= 4 is 17.7 Å². The van der Waals surface area contributed by atoms with Crippen LogP contribution in [0.1, 0.15) is 18.4 Å². The van der Waals surface area contributed by atoms with E-state index < -0.39 is 11.8 Å². The molecule has 88 valence electrons. The summed E-state index contributed by atoms with van der Waals surface area (Å²) in [6, 6.07) is 2.93. The normalized spacial score (nSPS) is 10.4. The van der Waals surface area contributed by atoms with Crippen LogP contribution in [0.25, 0.3) is 0 Å². The van der Waals surface area contributed by atoms with Gasteiger partial charge in [-0.05, 0) is 30.7 Å². The lowest BCUT2D eigenvalue weighted by Crippen LogP contribution is -1.98. The Kier molecular flexibility index (Phi) is 4.61. The van der Waals surface area contributed by atoms with E-state index in [4.69, 9.17) is 5.11 Å². The van der Waals surface area contributed by atoms with Crippen molar-refractivity contribution in [3.05, 3.63) is 23.5 Å². The number of hydrogen-bond acceptors (Lipinski definition) is 3. The van der Waals surface area contributed by atoms with Gasteiger partial charge in [-0.15, -0.1) is 11.8 Å². The van der Waals surface area contributed by atoms with Crippen LogP contribution >= 0.6 is 11.8 Å². The predicted octanol–water partition coefficient (Wildman–Crippen LogP) is 2.66. The summed E-state index contributed by atoms with van der Waals surface area (Å²) in [6.07, 6.45) is 2.46. The minimum absolute atomic E-state index is 0.0227. The number of benzene rings is 1. The van der Waals surface area contributed by atoms with Crippen LogP contribution in [0.4, 0.5) is 4.39 Å². The average molecular weight is 244 g/mol. The summed E-state index contributed by atoms with van der Waals surface area (Å²) in [7, 11) is 0. The number of phenols is 1. The molecule has 0 aromatic heterocycles. The first-order valence-corrected chi connectivity index (χ1v) is 6.05. The fourth-order valence-electron chi connectivity index (χ4n) is 1.40. The molecule has 0 spiro atoms. The van der Waals surface area contributed by atoms with Crippen molar-refractivity contribution in [3.8, 4) is 5.75 Å². The maximum atomic E-state index is 13.7. The number of hydrogen-bond donors (Lipinski definition) is 2. The Morgan fingerprint density at radius 1 is 1.50 bits per heavy atom. The first kappa shape index (κ1) is 12.8. The van der Waals surface area contributed by atoms with Crippen LogP contribution in [-0.4, -0.2) is 22.4 Å². The highest BCUT2D eigenvalue weighted by Gasteiger charge is 2.12. The zero-order valence-electron chi connectivity index (χ0n) is 8.86. The van der Waals surface area contributed by atoms with Gasteiger partial charge in [-0.2, -0.15) is 0 Å². The van der Waals surface area contributed by atoms with Gasteiger partial charge in [-0.1, -0.05) is 6.07 Å². The molecule has 1 rings (SSSR count). The van der Waals surface area contributed by atoms with E-state index in [0.717, 1.165) is 11.8 Å². The summed E-state index contributed by atoms with van der Waals surface area (Å²) in [5.41, 5.74) is 0.448. The number of halogens is 1. The minimum atomic E-state index is -0.885. The van der Waals surface area contributed by atoms with Gasteiger partial charge in [0.1, 0.15) is 11.6 Å². The molecule has 0 saturated heterocycles. The molecule has 0 aliphatic carbocycles. The molecule has 0 atom stereocenters. The molecule has 2 N–H and O–H groups in total. The molecule has 1 aromatic carbocycles. The van der Waals surface area contributed by atoms with Gasteiger partial charge in [0.25, 0.3) is 0 Å². The summed E-state index contributed by atoms with van der Waals surface area (Å²) in [5, 5.41) is 17.8. The second-order valence-electron chi connectivity index (χ2n) is 3.34. The molecular weight excluding hydrogens is 231 g/mol. The monoisotopic (exact) mass is 244 g/mol. The van der Waals surface area contributed by atoms with Crippen molar-refractivity contribution in [1.82, 2.24) is 0 Å². The van der Waals surface area contributed by atoms with Gasteiger partial charge in [0.15, 0.2) is 0 Å². The second-order valence-corrected chi connectivity index (χ2v) is 4.15. The Balaban J connectivity index is 2.77. The quantitative estimate of drug-likeness (QED) is 0.782. The number of phenolic OH excluding ortho intramolecular Hbond substituents is 1. The van der Waals surface area contributed by atoms with E-state index in [1.165, 1.54) is 12.1 Å². The van der Waals surface area contributed by atoms with Gasteiger partial charge >= 0.3 is 5.97 Å². The summed E-state index contributed by atoms with van der Waals surface area (Å²) < 4.78 is 13.7. The average Bonchev–Trinajstić information content (AvgIpc) is 2.22. The molecule has 0 aliphatic rings. The predicted molar refractivity (Wildman–Crippen MR) is 60.4 cm³/mol. The number of thioether (sulfide) groups is 1. The Bertz CT molecular complexity index is 393. The maximum Gasteiger partial charge on any atom is 0.303 e. The van der Waals surface area contributed by atoms with E-state index in [9.17, 15) is 14.3 Å². The molecule has 5 heteroatoms. The third-order valence-electron chi connectivity index (χ3n) is 2.20. The third-order valence-corrected chi connectivity index (χ3v) is 2.99. The van der Waals surface area contributed by atoms with Gasteiger partial charge < -0.3 is 10.2 Å². The van der Waals surface area contributed by atoms with Crippen molar-refractivity contribution in [3.63, 3.8) is 0 Å². The number of rotatable bonds is 5. The van der Waals surface area contributed by atoms with E-state index in [0.29, 0.717) is 18.4 Å². The molecule has 1 aromatic rings. The first-order valence-electron chi connectivity index (χ1n) is 4.82. The fraction of sp³-hybridized carbons (Fsp3) is 0.364. The number of aliphatic carboxylic acids is 1. The van der Waals surface area contributed by atoms with Crippen LogP contribution < -0.4 is 0 Å². The van der Waals surface area contributed by atoms with Gasteiger partial charge in [0, 0.05) is 6.42 Å². The summed E-state index contributed by atoms with van der Waals surface area (Å²) in [6.45, 7) is 0. The molecule has 0 heterocycles. The highest BCUT2D eigenvalue weighted by molar-refractivity contribution is 7.98. The lowest BCUT2D eigenvalue weighted by atomic mass is 10.1. The molecule has 16 heavy (non-hydrogen) atoms. The molecule has 0 saturated carbocycles. The largest absolute Gasteiger partial charge is 0.507 e. The van der Waals surface area contributed by atoms with Crippen molar-refractivity contribution in [2.24, 2.45) is 0 Å². The van der Waals surface area contributed by atoms with Crippen LogP contribution in [0.2, 0.25) is 0 Å². The van der Waals surface area contributed by atoms with Crippen LogP contribution in [0.5, 0.6) is 5.75 Å². The van der Waals surface area contributed by atoms with Crippen molar-refractivity contribution in [2.75, 3.05) is 6.26 Å². The van der Waals surface area contributed by atoms with E-state index in [2.05, 4.69) is 0 Å². The van der Waals surface area contributed by atoms with E-state index in [1.54, 1.807) is 6.26 Å². The third kappa shape index (κ3) is 3.13. The standard InChI is InChI=1S/C11H13FO3S/c1-16-11-8(13)6-5-7(10(11)12)3-2-4-9(14)15/h5-6,13H,2-4H2,1H3,(H,14,15). The summed E-state index contributed by atoms with van der Waals surface area (Å²) >= 11 is 1.13. The van der Waals surface area contributed by atoms with Gasteiger partial charge in [0.05, 0.1) is 4.90 Å². The van der Waals surface area contributed by atoms with Crippen LogP contribution in [-0.2, 0) is 11.2 Å². The zero-order chi connectivity index (χ0) is 12.1. The molecule has 0 aliphatic heterocycles. The van der Waals surface area contributed by atoms with Gasteiger partial charge in [-0.3, -0.25) is 4.79 Å². The highest BCUT2D eigenvalue weighted by Crippen LogP contribution is 2.31. The van der Waals surface area contributed by atoms with Gasteiger partial charge in [0.2, 0.25) is 0 Å². The number of aryl methyl sites for hydroxylation is 1. The van der Waals surface area contributed by atoms with E-state index >= 15 is 0 Å². The first-order chi connectivity index (χ1) is 7.56. The Morgan fingerprint density at radius 3 is 2.75 bits per heavy atom. The molecule has 0 fully saturated rings. The molecular formula is C11H13FO3S. The number of carboxylic acid groups (broad SMARTS) is 1. The topological polar surface area (TPSA) is 57.5 Å². The molecule has 0 bridgehead atoms. The lowest BCUT2D eigenvalue weighted by molar-refractivity contribution is -0.137. The molecule has 3 nitrogen and oxygen atoms in total. The van der Waals surface area contributed by atoms with Crippen LogP contribution in [0.3, 0.4) is 0 Å². The van der Waals surface area contributed by atoms with E-state index in [1.807, 2.05) is 0 Å². The Morgan fingerprint density at radius 2 is 2.19 bits per heavy atom. The fourth-order valence-corrected chi connectivity index (χ4v) is 1.99. The maximum absolute atomic E-state index is 13.7. The zero-order valence-corrected chi connectivity index (χ0v) is 9.68. The molecule has 0 amide bonds. The van der Waals surface area contributed by atoms with Crippen molar-refractivity contribution in [2.45, 2.75) is 24.2 Å². The highest BCUT2D eigenvalue weighted by atomic mass is 32.2. The minimum Gasteiger partial charge on any atom is -0.507 e. The van der Waals surface area contributed by atoms with Crippen LogP contribution in [0.15, 0.2) is 17.0 Å². The Hall–Kier alpha value is -1.23. The molecule has 0 unspecified atom stereocenters. The lowest BCUT2D eigenvalue weighted by Gasteiger charge is -2.07.